The maximum Gasteiger partial charge on any atom is 0.313 e. The molecule has 1 aliphatic heterocycles. The van der Waals surface area contributed by atoms with Crippen LogP contribution >= 0.6 is 0 Å². The Kier molecular flexibility index (Phi) is 2.04. The first-order valence-electron chi connectivity index (χ1n) is 4.74. The maximum atomic E-state index is 11.4. The lowest BCUT2D eigenvalue weighted by molar-refractivity contribution is -0.146. The van der Waals surface area contributed by atoms with Gasteiger partial charge >= 0.3 is 5.97 Å². The third kappa shape index (κ3) is 1.25. The Morgan fingerprint density at radius 3 is 3.08 bits per heavy atom. The van der Waals surface area contributed by atoms with Gasteiger partial charge in [0.25, 0.3) is 0 Å². The molecule has 4 heteroatoms. The smallest absolute Gasteiger partial charge is 0.313 e. The van der Waals surface area contributed by atoms with Gasteiger partial charge in [-0.15, -0.1) is 0 Å². The molecule has 2 fully saturated rings. The van der Waals surface area contributed by atoms with Crippen LogP contribution < -0.4 is 5.32 Å². The van der Waals surface area contributed by atoms with Gasteiger partial charge in [-0.05, 0) is 13.8 Å². The van der Waals surface area contributed by atoms with Gasteiger partial charge in [0.15, 0.2) is 0 Å². The van der Waals surface area contributed by atoms with Gasteiger partial charge in [0, 0.05) is 6.54 Å². The molecule has 0 bridgehead atoms. The van der Waals surface area contributed by atoms with Crippen LogP contribution in [-0.2, 0) is 14.3 Å². The molecule has 3 atom stereocenters. The van der Waals surface area contributed by atoms with Gasteiger partial charge in [-0.2, -0.15) is 0 Å². The molecule has 0 spiro atoms. The molecule has 4 nitrogen and oxygen atoms in total. The molecule has 1 saturated heterocycles. The Labute approximate surface area is 77.6 Å². The molecule has 0 radical (unpaired) electrons. The van der Waals surface area contributed by atoms with Crippen molar-refractivity contribution in [3.8, 4) is 0 Å². The Morgan fingerprint density at radius 2 is 2.54 bits per heavy atom. The Balaban J connectivity index is 1.99. The van der Waals surface area contributed by atoms with Gasteiger partial charge in [-0.1, -0.05) is 0 Å². The van der Waals surface area contributed by atoms with E-state index >= 15 is 0 Å². The van der Waals surface area contributed by atoms with Crippen LogP contribution in [0.2, 0.25) is 0 Å². The van der Waals surface area contributed by atoms with E-state index in [9.17, 15) is 4.79 Å². The maximum absolute atomic E-state index is 11.4. The number of hydrogen-bond donors (Lipinski definition) is 1. The lowest BCUT2D eigenvalue weighted by Gasteiger charge is -2.18. The summed E-state index contributed by atoms with van der Waals surface area (Å²) in [5, 5.41) is 3.26. The fourth-order valence-electron chi connectivity index (χ4n) is 2.08. The van der Waals surface area contributed by atoms with Crippen molar-refractivity contribution in [1.29, 1.82) is 0 Å². The summed E-state index contributed by atoms with van der Waals surface area (Å²) in [7, 11) is 0. The highest BCUT2D eigenvalue weighted by molar-refractivity contribution is 5.80. The van der Waals surface area contributed by atoms with E-state index in [0.717, 1.165) is 6.54 Å². The number of carbonyl (C=O) groups is 1. The number of fused-ring (bicyclic) bond motifs is 1. The van der Waals surface area contributed by atoms with Crippen LogP contribution in [0.3, 0.4) is 0 Å². The number of nitrogens with one attached hydrogen (secondary N) is 1. The largest absolute Gasteiger partial charge is 0.466 e. The molecule has 0 aromatic heterocycles. The molecular formula is C9H15NO3. The highest BCUT2D eigenvalue weighted by Crippen LogP contribution is 2.48. The predicted molar refractivity (Wildman–Crippen MR) is 46.3 cm³/mol. The van der Waals surface area contributed by atoms with E-state index in [0.29, 0.717) is 13.2 Å². The molecule has 3 unspecified atom stereocenters. The molecule has 2 aliphatic rings. The van der Waals surface area contributed by atoms with Gasteiger partial charge in [0.1, 0.15) is 5.92 Å². The standard InChI is InChI=1S/C9H15NO3/c1-3-12-8(11)6-7-9(6,2)13-5-4-10-7/h6-7,10H,3-5H2,1-2H3. The van der Waals surface area contributed by atoms with Crippen LogP contribution in [0.4, 0.5) is 0 Å². The fourth-order valence-corrected chi connectivity index (χ4v) is 2.08. The van der Waals surface area contributed by atoms with Crippen LogP contribution in [0.5, 0.6) is 0 Å². The highest BCUT2D eigenvalue weighted by atomic mass is 16.5. The summed E-state index contributed by atoms with van der Waals surface area (Å²) in [4.78, 5) is 11.4. The molecule has 13 heavy (non-hydrogen) atoms. The summed E-state index contributed by atoms with van der Waals surface area (Å²) in [6.07, 6.45) is 0. The molecule has 1 heterocycles. The van der Waals surface area contributed by atoms with Gasteiger partial charge in [0.05, 0.1) is 24.9 Å². The van der Waals surface area contributed by atoms with Crippen LogP contribution in [0.15, 0.2) is 0 Å². The van der Waals surface area contributed by atoms with Gasteiger partial charge < -0.3 is 14.8 Å². The zero-order chi connectivity index (χ0) is 9.47. The average Bonchev–Trinajstić information content (AvgIpc) is 2.71. The third-order valence-electron chi connectivity index (χ3n) is 2.88. The summed E-state index contributed by atoms with van der Waals surface area (Å²) in [5.41, 5.74) is -0.301. The molecule has 1 saturated carbocycles. The monoisotopic (exact) mass is 185 g/mol. The minimum absolute atomic E-state index is 0.102. The number of hydrogen-bond acceptors (Lipinski definition) is 4. The number of morpholine rings is 1. The number of esters is 1. The topological polar surface area (TPSA) is 47.6 Å². The minimum Gasteiger partial charge on any atom is -0.466 e. The van der Waals surface area contributed by atoms with E-state index in [-0.39, 0.29) is 23.5 Å². The number of rotatable bonds is 2. The molecule has 74 valence electrons. The van der Waals surface area contributed by atoms with E-state index < -0.39 is 0 Å². The lowest BCUT2D eigenvalue weighted by atomic mass is 10.3. The number of ether oxygens (including phenoxy) is 2. The van der Waals surface area contributed by atoms with E-state index in [4.69, 9.17) is 9.47 Å². The molecular weight excluding hydrogens is 170 g/mol. The van der Waals surface area contributed by atoms with Crippen LogP contribution in [0.1, 0.15) is 13.8 Å². The first kappa shape index (κ1) is 8.97. The zero-order valence-electron chi connectivity index (χ0n) is 8.00. The molecule has 0 aromatic rings. The third-order valence-corrected chi connectivity index (χ3v) is 2.88. The summed E-state index contributed by atoms with van der Waals surface area (Å²) in [5.74, 6) is -0.237. The second kappa shape index (κ2) is 2.96. The highest BCUT2D eigenvalue weighted by Gasteiger charge is 2.68. The summed E-state index contributed by atoms with van der Waals surface area (Å²) < 4.78 is 10.5. The van der Waals surface area contributed by atoms with Crippen molar-refractivity contribution >= 4 is 5.97 Å². The Bertz CT molecular complexity index is 231. The Hall–Kier alpha value is -0.610. The van der Waals surface area contributed by atoms with E-state index in [1.165, 1.54) is 0 Å². The van der Waals surface area contributed by atoms with Crippen molar-refractivity contribution < 1.29 is 14.3 Å². The predicted octanol–water partition coefficient (Wildman–Crippen LogP) is -0.0736. The van der Waals surface area contributed by atoms with Gasteiger partial charge in [0.2, 0.25) is 0 Å². The minimum atomic E-state index is -0.301. The molecule has 1 aliphatic carbocycles. The molecule has 0 amide bonds. The summed E-state index contributed by atoms with van der Waals surface area (Å²) >= 11 is 0. The van der Waals surface area contributed by atoms with Crippen LogP contribution in [0.25, 0.3) is 0 Å². The summed E-state index contributed by atoms with van der Waals surface area (Å²) in [6.45, 7) is 5.74. The zero-order valence-corrected chi connectivity index (χ0v) is 8.00. The van der Waals surface area contributed by atoms with Crippen molar-refractivity contribution in [2.24, 2.45) is 5.92 Å². The molecule has 1 N–H and O–H groups in total. The van der Waals surface area contributed by atoms with Crippen molar-refractivity contribution in [2.75, 3.05) is 19.8 Å². The molecule has 0 aromatic carbocycles. The van der Waals surface area contributed by atoms with Crippen LogP contribution in [-0.4, -0.2) is 37.4 Å². The second-order valence-electron chi connectivity index (χ2n) is 3.69. The second-order valence-corrected chi connectivity index (χ2v) is 3.69. The van der Waals surface area contributed by atoms with E-state index in [1.54, 1.807) is 0 Å². The van der Waals surface area contributed by atoms with E-state index in [2.05, 4.69) is 5.32 Å². The van der Waals surface area contributed by atoms with Crippen molar-refractivity contribution in [1.82, 2.24) is 5.32 Å². The average molecular weight is 185 g/mol. The first-order chi connectivity index (χ1) is 6.20. The van der Waals surface area contributed by atoms with E-state index in [1.807, 2.05) is 13.8 Å². The number of carbonyl (C=O) groups excluding carboxylic acids is 1. The van der Waals surface area contributed by atoms with Crippen LogP contribution in [0, 0.1) is 5.92 Å². The normalized spacial score (nSPS) is 42.3. The molecule has 2 rings (SSSR count). The quantitative estimate of drug-likeness (QED) is 0.612. The van der Waals surface area contributed by atoms with Crippen molar-refractivity contribution in [3.63, 3.8) is 0 Å². The lowest BCUT2D eigenvalue weighted by Crippen LogP contribution is -2.36. The van der Waals surface area contributed by atoms with Gasteiger partial charge in [-0.3, -0.25) is 4.79 Å². The Morgan fingerprint density at radius 1 is 1.77 bits per heavy atom. The van der Waals surface area contributed by atoms with Crippen molar-refractivity contribution in [2.45, 2.75) is 25.5 Å². The fraction of sp³-hybridized carbons (Fsp3) is 0.889. The first-order valence-corrected chi connectivity index (χ1v) is 4.74. The SMILES string of the molecule is CCOC(=O)C1C2NCCOC21C. The van der Waals surface area contributed by atoms with Gasteiger partial charge in [-0.25, -0.2) is 0 Å². The van der Waals surface area contributed by atoms with Crippen molar-refractivity contribution in [3.05, 3.63) is 0 Å². The summed E-state index contributed by atoms with van der Waals surface area (Å²) in [6, 6.07) is 0.167.